The highest BCUT2D eigenvalue weighted by molar-refractivity contribution is 7.18. The number of aryl methyl sites for hydroxylation is 2. The van der Waals surface area contributed by atoms with Gasteiger partial charge in [-0.1, -0.05) is 18.7 Å². The molecule has 28 heavy (non-hydrogen) atoms. The third kappa shape index (κ3) is 3.03. The van der Waals surface area contributed by atoms with Crippen LogP contribution in [0.2, 0.25) is 0 Å². The molecule has 0 spiro atoms. The number of rotatable bonds is 5. The molecule has 6 heteroatoms. The van der Waals surface area contributed by atoms with E-state index < -0.39 is 0 Å². The van der Waals surface area contributed by atoms with Gasteiger partial charge in [0.2, 0.25) is 0 Å². The fourth-order valence-corrected chi connectivity index (χ4v) is 4.52. The molecular weight excluding hydrogens is 372 g/mol. The Balaban J connectivity index is 1.77. The second-order valence-corrected chi connectivity index (χ2v) is 7.99. The molecule has 0 saturated carbocycles. The first kappa shape index (κ1) is 18.5. The molecule has 1 aliphatic rings. The minimum Gasteiger partial charge on any atom is -0.493 e. The highest BCUT2D eigenvalue weighted by Crippen LogP contribution is 2.34. The molecule has 1 aliphatic heterocycles. The predicted octanol–water partition coefficient (Wildman–Crippen LogP) is 4.59. The van der Waals surface area contributed by atoms with Crippen LogP contribution in [0, 0.1) is 13.8 Å². The normalized spacial score (nSPS) is 14.5. The molecule has 5 nitrogen and oxygen atoms in total. The van der Waals surface area contributed by atoms with Crippen molar-refractivity contribution < 1.29 is 9.47 Å². The van der Waals surface area contributed by atoms with E-state index in [1.54, 1.807) is 29.1 Å². The monoisotopic (exact) mass is 394 g/mol. The van der Waals surface area contributed by atoms with Gasteiger partial charge in [-0.05, 0) is 55.2 Å². The zero-order chi connectivity index (χ0) is 19.8. The molecule has 0 amide bonds. The average Bonchev–Trinajstić information content (AvgIpc) is 3.22. The van der Waals surface area contributed by atoms with E-state index in [4.69, 9.17) is 14.5 Å². The van der Waals surface area contributed by atoms with Crippen molar-refractivity contribution in [1.82, 2.24) is 9.55 Å². The third-order valence-corrected chi connectivity index (χ3v) is 6.17. The van der Waals surface area contributed by atoms with Gasteiger partial charge in [-0.3, -0.25) is 9.36 Å². The Morgan fingerprint density at radius 1 is 1.32 bits per heavy atom. The number of hydrogen-bond acceptors (Lipinski definition) is 5. The van der Waals surface area contributed by atoms with E-state index >= 15 is 0 Å². The van der Waals surface area contributed by atoms with Crippen molar-refractivity contribution in [3.63, 3.8) is 0 Å². The first-order chi connectivity index (χ1) is 13.5. The lowest BCUT2D eigenvalue weighted by Crippen LogP contribution is -2.20. The van der Waals surface area contributed by atoms with Gasteiger partial charge in [0.25, 0.3) is 5.56 Å². The van der Waals surface area contributed by atoms with E-state index in [1.807, 2.05) is 32.0 Å². The van der Waals surface area contributed by atoms with Gasteiger partial charge >= 0.3 is 0 Å². The Morgan fingerprint density at radius 2 is 2.14 bits per heavy atom. The Hall–Kier alpha value is -2.86. The van der Waals surface area contributed by atoms with Crippen LogP contribution in [-0.4, -0.2) is 23.3 Å². The number of aromatic nitrogens is 2. The summed E-state index contributed by atoms with van der Waals surface area (Å²) >= 11 is 1.59. The molecule has 0 N–H and O–H groups in total. The summed E-state index contributed by atoms with van der Waals surface area (Å²) in [5, 5.41) is 0.762. The van der Waals surface area contributed by atoms with Crippen LogP contribution in [0.3, 0.4) is 0 Å². The van der Waals surface area contributed by atoms with Gasteiger partial charge in [0.15, 0.2) is 11.5 Å². The second kappa shape index (κ2) is 7.28. The van der Waals surface area contributed by atoms with E-state index in [0.29, 0.717) is 24.7 Å². The molecule has 3 aromatic rings. The minimum absolute atomic E-state index is 0.0657. The molecule has 0 saturated heterocycles. The lowest BCUT2D eigenvalue weighted by Gasteiger charge is -2.10. The van der Waals surface area contributed by atoms with Crippen molar-refractivity contribution in [1.29, 1.82) is 0 Å². The number of hydrogen-bond donors (Lipinski definition) is 0. The molecule has 3 heterocycles. The quantitative estimate of drug-likeness (QED) is 0.594. The van der Waals surface area contributed by atoms with Crippen LogP contribution in [0.25, 0.3) is 21.9 Å². The highest BCUT2D eigenvalue weighted by atomic mass is 32.1. The Bertz CT molecular complexity index is 1170. The van der Waals surface area contributed by atoms with Crippen LogP contribution in [-0.2, 0) is 6.54 Å². The van der Waals surface area contributed by atoms with Crippen molar-refractivity contribution in [3.8, 4) is 11.5 Å². The van der Waals surface area contributed by atoms with Gasteiger partial charge in [0.05, 0.1) is 12.5 Å². The maximum atomic E-state index is 13.0. The Kier molecular flexibility index (Phi) is 4.81. The van der Waals surface area contributed by atoms with Crippen molar-refractivity contribution in [3.05, 3.63) is 63.0 Å². The largest absolute Gasteiger partial charge is 0.493 e. The van der Waals surface area contributed by atoms with Crippen LogP contribution in [0.1, 0.15) is 28.2 Å². The summed E-state index contributed by atoms with van der Waals surface area (Å²) in [5.74, 6) is 2.11. The Morgan fingerprint density at radius 3 is 2.89 bits per heavy atom. The molecule has 0 bridgehead atoms. The van der Waals surface area contributed by atoms with Gasteiger partial charge in [-0.15, -0.1) is 11.3 Å². The molecule has 0 fully saturated rings. The van der Waals surface area contributed by atoms with Gasteiger partial charge in [-0.2, -0.15) is 0 Å². The van der Waals surface area contributed by atoms with Gasteiger partial charge < -0.3 is 9.47 Å². The topological polar surface area (TPSA) is 53.4 Å². The fraction of sp³-hybridized carbons (Fsp3) is 0.273. The first-order valence-corrected chi connectivity index (χ1v) is 9.98. The maximum Gasteiger partial charge on any atom is 0.262 e. The van der Waals surface area contributed by atoms with Gasteiger partial charge in [0, 0.05) is 11.4 Å². The van der Waals surface area contributed by atoms with E-state index in [-0.39, 0.29) is 5.56 Å². The summed E-state index contributed by atoms with van der Waals surface area (Å²) < 4.78 is 12.9. The zero-order valence-corrected chi connectivity index (χ0v) is 17.1. The second-order valence-electron chi connectivity index (χ2n) is 6.79. The summed E-state index contributed by atoms with van der Waals surface area (Å²) in [5.41, 5.74) is 3.16. The molecule has 0 radical (unpaired) electrons. The molecule has 0 unspecified atom stereocenters. The SMILES string of the molecule is C=CCOc1ccc(/C=C2\CCn3c2nc2sc(C)c(C)c2c3=O)cc1OC. The third-order valence-electron chi connectivity index (χ3n) is 5.07. The average molecular weight is 394 g/mol. The maximum absolute atomic E-state index is 13.0. The molecule has 0 aliphatic carbocycles. The Labute approximate surface area is 167 Å². The molecule has 1 aromatic carbocycles. The number of nitrogens with zero attached hydrogens (tertiary/aromatic N) is 2. The van der Waals surface area contributed by atoms with Crippen LogP contribution >= 0.6 is 11.3 Å². The number of thiophene rings is 1. The van der Waals surface area contributed by atoms with Crippen molar-refractivity contribution in [2.24, 2.45) is 0 Å². The number of allylic oxidation sites excluding steroid dienone is 1. The van der Waals surface area contributed by atoms with Gasteiger partial charge in [0.1, 0.15) is 17.3 Å². The standard InChI is InChI=1S/C22H22N2O3S/c1-5-10-27-17-7-6-15(12-18(17)26-4)11-16-8-9-24-20(16)23-21-19(22(24)25)13(2)14(3)28-21/h5-7,11-12H,1,8-10H2,2-4H3/b16-11+. The van der Waals surface area contributed by atoms with Crippen molar-refractivity contribution in [2.45, 2.75) is 26.8 Å². The van der Waals surface area contributed by atoms with Crippen LogP contribution in [0.5, 0.6) is 11.5 Å². The predicted molar refractivity (Wildman–Crippen MR) is 115 cm³/mol. The van der Waals surface area contributed by atoms with Crippen LogP contribution < -0.4 is 15.0 Å². The highest BCUT2D eigenvalue weighted by Gasteiger charge is 2.23. The van der Waals surface area contributed by atoms with Crippen LogP contribution in [0.4, 0.5) is 0 Å². The van der Waals surface area contributed by atoms with E-state index in [1.165, 1.54) is 0 Å². The van der Waals surface area contributed by atoms with Crippen molar-refractivity contribution >= 4 is 33.2 Å². The van der Waals surface area contributed by atoms with E-state index in [0.717, 1.165) is 44.0 Å². The molecule has 2 aromatic heterocycles. The summed E-state index contributed by atoms with van der Waals surface area (Å²) in [6.45, 7) is 8.79. The lowest BCUT2D eigenvalue weighted by molar-refractivity contribution is 0.326. The molecular formula is C22H22N2O3S. The van der Waals surface area contributed by atoms with Crippen molar-refractivity contribution in [2.75, 3.05) is 13.7 Å². The smallest absolute Gasteiger partial charge is 0.262 e. The van der Waals surface area contributed by atoms with E-state index in [9.17, 15) is 4.79 Å². The summed E-state index contributed by atoms with van der Waals surface area (Å²) in [6.07, 6.45) is 4.56. The zero-order valence-electron chi connectivity index (χ0n) is 16.2. The summed E-state index contributed by atoms with van der Waals surface area (Å²) in [4.78, 5) is 19.7. The number of methoxy groups -OCH3 is 1. The lowest BCUT2D eigenvalue weighted by atomic mass is 10.1. The molecule has 4 rings (SSSR count). The molecule has 144 valence electrons. The molecule has 0 atom stereocenters. The number of ether oxygens (including phenoxy) is 2. The summed E-state index contributed by atoms with van der Waals surface area (Å²) in [7, 11) is 1.62. The fourth-order valence-electron chi connectivity index (χ4n) is 3.50. The number of benzene rings is 1. The first-order valence-electron chi connectivity index (χ1n) is 9.16. The van der Waals surface area contributed by atoms with Crippen LogP contribution in [0.15, 0.2) is 35.6 Å². The van der Waals surface area contributed by atoms with E-state index in [2.05, 4.69) is 12.7 Å². The van der Waals surface area contributed by atoms with Gasteiger partial charge in [-0.25, -0.2) is 4.98 Å². The number of fused-ring (bicyclic) bond motifs is 2. The summed E-state index contributed by atoms with van der Waals surface area (Å²) in [6, 6.07) is 5.80. The minimum atomic E-state index is 0.0657.